The molecule has 0 spiro atoms. The van der Waals surface area contributed by atoms with Crippen LogP contribution in [0.2, 0.25) is 0 Å². The van der Waals surface area contributed by atoms with Crippen molar-refractivity contribution >= 4 is 5.96 Å². The molecule has 0 bridgehead atoms. The number of hydrogen-bond acceptors (Lipinski definition) is 3. The van der Waals surface area contributed by atoms with E-state index in [1.807, 2.05) is 7.05 Å². The third-order valence-electron chi connectivity index (χ3n) is 5.86. The smallest absolute Gasteiger partial charge is 0.193 e. The van der Waals surface area contributed by atoms with Gasteiger partial charge in [0.2, 0.25) is 0 Å². The van der Waals surface area contributed by atoms with Gasteiger partial charge in [-0.25, -0.2) is 0 Å². The second-order valence-electron chi connectivity index (χ2n) is 7.84. The summed E-state index contributed by atoms with van der Waals surface area (Å²) in [5.74, 6) is 1.05. The molecule has 26 heavy (non-hydrogen) atoms. The monoisotopic (exact) mass is 363 g/mol. The van der Waals surface area contributed by atoms with Crippen LogP contribution in [0, 0.1) is 0 Å². The molecule has 5 heteroatoms. The van der Waals surface area contributed by atoms with E-state index >= 15 is 0 Å². The van der Waals surface area contributed by atoms with Gasteiger partial charge < -0.3 is 19.7 Å². The van der Waals surface area contributed by atoms with Gasteiger partial charge in [-0.3, -0.25) is 4.99 Å². The number of nitrogens with zero attached hydrogens (tertiary/aromatic N) is 2. The fourth-order valence-corrected chi connectivity index (χ4v) is 4.22. The van der Waals surface area contributed by atoms with Gasteiger partial charge >= 0.3 is 0 Å². The first-order chi connectivity index (χ1) is 12.8. The molecule has 1 unspecified atom stereocenters. The second kappa shape index (κ2) is 10.9. The van der Waals surface area contributed by atoms with Gasteiger partial charge in [0.15, 0.2) is 5.96 Å². The largest absolute Gasteiger partial charge is 0.376 e. The van der Waals surface area contributed by atoms with E-state index in [9.17, 15) is 0 Å². The quantitative estimate of drug-likeness (QED) is 0.446. The molecule has 5 nitrogen and oxygen atoms in total. The van der Waals surface area contributed by atoms with Gasteiger partial charge in [0, 0.05) is 33.3 Å². The molecule has 0 radical (unpaired) electrons. The molecule has 148 valence electrons. The summed E-state index contributed by atoms with van der Waals surface area (Å²) in [6.45, 7) is 4.73. The molecule has 0 aromatic heterocycles. The summed E-state index contributed by atoms with van der Waals surface area (Å²) in [7, 11) is 1.89. The molecule has 2 heterocycles. The summed E-state index contributed by atoms with van der Waals surface area (Å²) >= 11 is 0. The Bertz CT molecular complexity index is 464. The fourth-order valence-electron chi connectivity index (χ4n) is 4.22. The summed E-state index contributed by atoms with van der Waals surface area (Å²) in [4.78, 5) is 6.87. The van der Waals surface area contributed by atoms with Crippen molar-refractivity contribution in [2.24, 2.45) is 4.99 Å². The Morgan fingerprint density at radius 3 is 2.81 bits per heavy atom. The van der Waals surface area contributed by atoms with Crippen molar-refractivity contribution in [2.75, 3.05) is 39.9 Å². The van der Waals surface area contributed by atoms with Gasteiger partial charge in [-0.1, -0.05) is 11.6 Å². The van der Waals surface area contributed by atoms with Gasteiger partial charge in [-0.2, -0.15) is 0 Å². The lowest BCUT2D eigenvalue weighted by Gasteiger charge is -2.35. The lowest BCUT2D eigenvalue weighted by Crippen LogP contribution is -2.47. The van der Waals surface area contributed by atoms with Crippen LogP contribution in [0.25, 0.3) is 0 Å². The van der Waals surface area contributed by atoms with Gasteiger partial charge in [-0.05, 0) is 64.2 Å². The van der Waals surface area contributed by atoms with Crippen LogP contribution in [-0.4, -0.2) is 63.0 Å². The predicted octanol–water partition coefficient (Wildman–Crippen LogP) is 3.50. The predicted molar refractivity (Wildman–Crippen MR) is 107 cm³/mol. The highest BCUT2D eigenvalue weighted by molar-refractivity contribution is 5.79. The number of guanidine groups is 1. The summed E-state index contributed by atoms with van der Waals surface area (Å²) in [5, 5.41) is 3.56. The minimum atomic E-state index is 0.324. The van der Waals surface area contributed by atoms with Crippen molar-refractivity contribution < 1.29 is 9.47 Å². The normalized spacial score (nSPS) is 25.9. The van der Waals surface area contributed by atoms with E-state index in [0.717, 1.165) is 64.5 Å². The molecular formula is C21H37N3O2. The van der Waals surface area contributed by atoms with Gasteiger partial charge in [0.25, 0.3) is 0 Å². The molecule has 2 fully saturated rings. The molecule has 2 aliphatic heterocycles. The topological polar surface area (TPSA) is 46.1 Å². The van der Waals surface area contributed by atoms with Crippen LogP contribution in [0.4, 0.5) is 0 Å². The van der Waals surface area contributed by atoms with Crippen molar-refractivity contribution in [3.63, 3.8) is 0 Å². The van der Waals surface area contributed by atoms with Crippen molar-refractivity contribution in [1.29, 1.82) is 0 Å². The van der Waals surface area contributed by atoms with Gasteiger partial charge in [-0.15, -0.1) is 0 Å². The average Bonchev–Trinajstić information content (AvgIpc) is 2.72. The number of likely N-dealkylation sites (tertiary alicyclic amines) is 1. The summed E-state index contributed by atoms with van der Waals surface area (Å²) in [6, 6.07) is 0. The van der Waals surface area contributed by atoms with Crippen molar-refractivity contribution in [3.8, 4) is 0 Å². The van der Waals surface area contributed by atoms with Crippen molar-refractivity contribution in [2.45, 2.75) is 76.4 Å². The maximum atomic E-state index is 6.13. The fraction of sp³-hybridized carbons (Fsp3) is 0.857. The lowest BCUT2D eigenvalue weighted by atomic mass is 9.97. The number of hydrogen-bond donors (Lipinski definition) is 1. The molecule has 0 amide bonds. The molecular weight excluding hydrogens is 326 g/mol. The summed E-state index contributed by atoms with van der Waals surface area (Å²) in [6.07, 6.45) is 15.4. The van der Waals surface area contributed by atoms with E-state index in [-0.39, 0.29) is 0 Å². The zero-order valence-electron chi connectivity index (χ0n) is 16.5. The maximum Gasteiger partial charge on any atom is 0.193 e. The van der Waals surface area contributed by atoms with Crippen molar-refractivity contribution in [3.05, 3.63) is 11.6 Å². The van der Waals surface area contributed by atoms with Gasteiger partial charge in [0.05, 0.1) is 18.8 Å². The number of ether oxygens (including phenoxy) is 2. The standard InChI is InChI=1S/C21H37N3O2/c1-22-21(23-13-10-18-7-3-2-4-8-18)24-14-11-19(12-15-24)26-17-20-9-5-6-16-25-20/h7,19-20H,2-6,8-17H2,1H3,(H,22,23). The van der Waals surface area contributed by atoms with E-state index in [0.29, 0.717) is 12.2 Å². The number of allylic oxidation sites excluding steroid dienone is 1. The lowest BCUT2D eigenvalue weighted by molar-refractivity contribution is -0.0721. The Balaban J connectivity index is 1.32. The van der Waals surface area contributed by atoms with Crippen LogP contribution in [0.15, 0.2) is 16.6 Å². The van der Waals surface area contributed by atoms with Gasteiger partial charge in [0.1, 0.15) is 0 Å². The van der Waals surface area contributed by atoms with E-state index in [2.05, 4.69) is 21.3 Å². The third kappa shape index (κ3) is 6.27. The van der Waals surface area contributed by atoms with E-state index in [1.165, 1.54) is 38.5 Å². The molecule has 1 aliphatic carbocycles. The molecule has 0 aromatic rings. The molecule has 0 saturated carbocycles. The van der Waals surface area contributed by atoms with E-state index < -0.39 is 0 Å². The molecule has 2 saturated heterocycles. The Kier molecular flexibility index (Phi) is 8.27. The Morgan fingerprint density at radius 1 is 1.23 bits per heavy atom. The maximum absolute atomic E-state index is 6.13. The summed E-state index contributed by atoms with van der Waals surface area (Å²) in [5.41, 5.74) is 1.62. The number of piperidine rings is 1. The first-order valence-electron chi connectivity index (χ1n) is 10.7. The zero-order valence-corrected chi connectivity index (χ0v) is 16.5. The number of rotatable bonds is 6. The first kappa shape index (κ1) is 19.7. The highest BCUT2D eigenvalue weighted by Gasteiger charge is 2.23. The second-order valence-corrected chi connectivity index (χ2v) is 7.84. The molecule has 1 N–H and O–H groups in total. The van der Waals surface area contributed by atoms with E-state index in [1.54, 1.807) is 5.57 Å². The molecule has 3 aliphatic rings. The Labute approximate surface area is 159 Å². The van der Waals surface area contributed by atoms with Crippen LogP contribution >= 0.6 is 0 Å². The Morgan fingerprint density at radius 2 is 2.12 bits per heavy atom. The molecule has 1 atom stereocenters. The molecule has 0 aromatic carbocycles. The van der Waals surface area contributed by atoms with E-state index in [4.69, 9.17) is 9.47 Å². The number of aliphatic imine (C=N–C) groups is 1. The first-order valence-corrected chi connectivity index (χ1v) is 10.7. The van der Waals surface area contributed by atoms with Crippen LogP contribution in [0.1, 0.15) is 64.2 Å². The highest BCUT2D eigenvalue weighted by atomic mass is 16.5. The Hall–Kier alpha value is -1.07. The van der Waals surface area contributed by atoms with Crippen LogP contribution in [-0.2, 0) is 9.47 Å². The SMILES string of the molecule is CN=C(NCCC1=CCCCC1)N1CCC(OCC2CCCCO2)CC1. The minimum absolute atomic E-state index is 0.324. The minimum Gasteiger partial charge on any atom is -0.376 e. The summed E-state index contributed by atoms with van der Waals surface area (Å²) < 4.78 is 11.9. The van der Waals surface area contributed by atoms with Crippen LogP contribution in [0.3, 0.4) is 0 Å². The molecule has 3 rings (SSSR count). The highest BCUT2D eigenvalue weighted by Crippen LogP contribution is 2.20. The number of nitrogens with one attached hydrogen (secondary N) is 1. The average molecular weight is 364 g/mol. The van der Waals surface area contributed by atoms with Crippen LogP contribution in [0.5, 0.6) is 0 Å². The van der Waals surface area contributed by atoms with Crippen LogP contribution < -0.4 is 5.32 Å². The van der Waals surface area contributed by atoms with Crippen molar-refractivity contribution in [1.82, 2.24) is 10.2 Å². The zero-order chi connectivity index (χ0) is 18.0. The third-order valence-corrected chi connectivity index (χ3v) is 5.86.